The van der Waals surface area contributed by atoms with E-state index in [-0.39, 0.29) is 17.7 Å². The summed E-state index contributed by atoms with van der Waals surface area (Å²) in [6.07, 6.45) is 3.41. The molecule has 0 radical (unpaired) electrons. The summed E-state index contributed by atoms with van der Waals surface area (Å²) in [4.78, 5) is 28.1. The van der Waals surface area contributed by atoms with Crippen molar-refractivity contribution in [3.05, 3.63) is 16.1 Å². The number of amides is 1. The normalized spacial score (nSPS) is 25.9. The van der Waals surface area contributed by atoms with Crippen LogP contribution in [-0.2, 0) is 14.3 Å². The van der Waals surface area contributed by atoms with Gasteiger partial charge in [-0.1, -0.05) is 0 Å². The summed E-state index contributed by atoms with van der Waals surface area (Å²) in [7, 11) is 0. The van der Waals surface area contributed by atoms with Crippen molar-refractivity contribution in [3.63, 3.8) is 0 Å². The summed E-state index contributed by atoms with van der Waals surface area (Å²) in [5.41, 5.74) is 0.253. The molecule has 3 rings (SSSR count). The zero-order chi connectivity index (χ0) is 16.2. The van der Waals surface area contributed by atoms with Crippen molar-refractivity contribution in [1.29, 1.82) is 0 Å². The second kappa shape index (κ2) is 7.37. The molecule has 2 fully saturated rings. The number of carbonyl (C=O) groups is 2. The highest BCUT2D eigenvalue weighted by Gasteiger charge is 2.32. The van der Waals surface area contributed by atoms with Gasteiger partial charge in [0.25, 0.3) is 5.91 Å². The Morgan fingerprint density at radius 1 is 1.35 bits per heavy atom. The number of aliphatic carboxylic acids is 1. The molecule has 0 bridgehead atoms. The van der Waals surface area contributed by atoms with Crippen LogP contribution in [0.2, 0.25) is 0 Å². The van der Waals surface area contributed by atoms with E-state index in [9.17, 15) is 14.7 Å². The maximum atomic E-state index is 12.3. The molecular weight excluding hydrogens is 320 g/mol. The minimum absolute atomic E-state index is 0.0384. The van der Waals surface area contributed by atoms with Gasteiger partial charge < -0.3 is 19.9 Å². The van der Waals surface area contributed by atoms with Crippen molar-refractivity contribution in [2.45, 2.75) is 37.8 Å². The largest absolute Gasteiger partial charge is 0.480 e. The Morgan fingerprint density at radius 2 is 2.17 bits per heavy atom. The fraction of sp³-hybridized carbons (Fsp3) is 0.667. The van der Waals surface area contributed by atoms with Gasteiger partial charge >= 0.3 is 5.97 Å². The number of thiazole rings is 1. The van der Waals surface area contributed by atoms with Gasteiger partial charge in [0.15, 0.2) is 0 Å². The minimum Gasteiger partial charge on any atom is -0.480 e. The Morgan fingerprint density at radius 3 is 2.83 bits per heavy atom. The lowest BCUT2D eigenvalue weighted by Gasteiger charge is -2.27. The molecule has 2 aliphatic rings. The number of nitrogens with one attached hydrogen (secondary N) is 1. The van der Waals surface area contributed by atoms with Crippen LogP contribution in [0.3, 0.4) is 0 Å². The van der Waals surface area contributed by atoms with Crippen LogP contribution in [0.4, 0.5) is 0 Å². The zero-order valence-electron chi connectivity index (χ0n) is 12.7. The van der Waals surface area contributed by atoms with Gasteiger partial charge in [-0.2, -0.15) is 0 Å². The molecule has 7 nitrogen and oxygen atoms in total. The van der Waals surface area contributed by atoms with Gasteiger partial charge in [-0.15, -0.1) is 11.3 Å². The summed E-state index contributed by atoms with van der Waals surface area (Å²) in [6, 6.07) is -0.948. The van der Waals surface area contributed by atoms with Crippen LogP contribution in [0.25, 0.3) is 0 Å². The highest BCUT2D eigenvalue weighted by Crippen LogP contribution is 2.30. The molecule has 0 aliphatic carbocycles. The van der Waals surface area contributed by atoms with Crippen molar-refractivity contribution in [2.75, 3.05) is 19.8 Å². The Hall–Kier alpha value is -1.51. The maximum absolute atomic E-state index is 12.3. The van der Waals surface area contributed by atoms with Gasteiger partial charge in [0, 0.05) is 24.5 Å². The van der Waals surface area contributed by atoms with E-state index >= 15 is 0 Å². The molecule has 8 heteroatoms. The van der Waals surface area contributed by atoms with Crippen molar-refractivity contribution < 1.29 is 24.2 Å². The fourth-order valence-electron chi connectivity index (χ4n) is 2.94. The molecule has 3 unspecified atom stereocenters. The van der Waals surface area contributed by atoms with E-state index in [1.54, 1.807) is 5.38 Å². The van der Waals surface area contributed by atoms with Gasteiger partial charge in [0.1, 0.15) is 22.8 Å². The molecule has 0 aromatic carbocycles. The smallest absolute Gasteiger partial charge is 0.326 e. The predicted octanol–water partition coefficient (Wildman–Crippen LogP) is 1.60. The molecule has 126 valence electrons. The number of carboxylic acids is 1. The molecular formula is C15H20N2O5S. The summed E-state index contributed by atoms with van der Waals surface area (Å²) in [5, 5.41) is 14.4. The Labute approximate surface area is 138 Å². The zero-order valence-corrected chi connectivity index (χ0v) is 13.5. The Bertz CT molecular complexity index is 564. The van der Waals surface area contributed by atoms with Gasteiger partial charge in [-0.3, -0.25) is 4.79 Å². The number of hydrogen-bond acceptors (Lipinski definition) is 6. The molecule has 1 amide bonds. The van der Waals surface area contributed by atoms with Gasteiger partial charge in [-0.05, 0) is 25.7 Å². The monoisotopic (exact) mass is 340 g/mol. The van der Waals surface area contributed by atoms with Crippen LogP contribution >= 0.6 is 11.3 Å². The molecule has 2 saturated heterocycles. The molecule has 0 saturated carbocycles. The van der Waals surface area contributed by atoms with E-state index in [2.05, 4.69) is 10.3 Å². The van der Waals surface area contributed by atoms with E-state index in [4.69, 9.17) is 9.47 Å². The lowest BCUT2D eigenvalue weighted by molar-refractivity contribution is -0.142. The van der Waals surface area contributed by atoms with E-state index in [1.807, 2.05) is 0 Å². The third kappa shape index (κ3) is 3.88. The fourth-order valence-corrected chi connectivity index (χ4v) is 3.82. The van der Waals surface area contributed by atoms with Crippen LogP contribution in [0.5, 0.6) is 0 Å². The van der Waals surface area contributed by atoms with Crippen LogP contribution < -0.4 is 5.32 Å². The lowest BCUT2D eigenvalue weighted by Crippen LogP contribution is -2.48. The second-order valence-electron chi connectivity index (χ2n) is 5.84. The first kappa shape index (κ1) is 16.4. The van der Waals surface area contributed by atoms with Crippen molar-refractivity contribution >= 4 is 23.2 Å². The summed E-state index contributed by atoms with van der Waals surface area (Å²) in [6.45, 7) is 1.72. The van der Waals surface area contributed by atoms with E-state index in [1.165, 1.54) is 11.3 Å². The number of aromatic nitrogens is 1. The third-order valence-corrected chi connectivity index (χ3v) is 5.12. The number of carboxylic acid groups (broad SMARTS) is 1. The van der Waals surface area contributed by atoms with Gasteiger partial charge in [-0.25, -0.2) is 9.78 Å². The minimum atomic E-state index is -1.04. The topological polar surface area (TPSA) is 97.8 Å². The molecule has 2 N–H and O–H groups in total. The highest BCUT2D eigenvalue weighted by molar-refractivity contribution is 7.09. The lowest BCUT2D eigenvalue weighted by atomic mass is 9.93. The number of carbonyl (C=O) groups excluding carboxylic acids is 1. The van der Waals surface area contributed by atoms with Crippen molar-refractivity contribution in [2.24, 2.45) is 5.92 Å². The molecule has 1 aromatic rings. The first-order chi connectivity index (χ1) is 11.1. The SMILES string of the molecule is O=C(NC(C(=O)O)C1CCCOC1)c1csc(C2CCCO2)n1. The van der Waals surface area contributed by atoms with Gasteiger partial charge in [0.05, 0.1) is 6.61 Å². The van der Waals surface area contributed by atoms with Crippen LogP contribution in [0.1, 0.15) is 47.3 Å². The average Bonchev–Trinajstić information content (AvgIpc) is 3.23. The number of nitrogens with zero attached hydrogens (tertiary/aromatic N) is 1. The first-order valence-electron chi connectivity index (χ1n) is 7.83. The predicted molar refractivity (Wildman–Crippen MR) is 82.5 cm³/mol. The molecule has 3 atom stereocenters. The molecule has 2 aliphatic heterocycles. The Balaban J connectivity index is 1.65. The van der Waals surface area contributed by atoms with E-state index < -0.39 is 17.9 Å². The summed E-state index contributed by atoms with van der Waals surface area (Å²) >= 11 is 1.38. The molecule has 3 heterocycles. The van der Waals surface area contributed by atoms with E-state index in [0.717, 1.165) is 30.7 Å². The number of ether oxygens (including phenoxy) is 2. The van der Waals surface area contributed by atoms with Crippen molar-refractivity contribution in [3.8, 4) is 0 Å². The van der Waals surface area contributed by atoms with Gasteiger partial charge in [0.2, 0.25) is 0 Å². The third-order valence-electron chi connectivity index (χ3n) is 4.18. The average molecular weight is 340 g/mol. The number of hydrogen-bond donors (Lipinski definition) is 2. The van der Waals surface area contributed by atoms with Crippen LogP contribution in [-0.4, -0.2) is 47.8 Å². The quantitative estimate of drug-likeness (QED) is 0.845. The highest BCUT2D eigenvalue weighted by atomic mass is 32.1. The first-order valence-corrected chi connectivity index (χ1v) is 8.71. The van der Waals surface area contributed by atoms with E-state index in [0.29, 0.717) is 19.8 Å². The molecule has 0 spiro atoms. The molecule has 1 aromatic heterocycles. The summed E-state index contributed by atoms with van der Waals surface area (Å²) in [5.74, 6) is -1.70. The Kier molecular flexibility index (Phi) is 5.24. The maximum Gasteiger partial charge on any atom is 0.326 e. The van der Waals surface area contributed by atoms with Crippen LogP contribution in [0, 0.1) is 5.92 Å². The standard InChI is InChI=1S/C15H20N2O5S/c18-13(10-8-23-14(16-10)11-4-2-6-22-11)17-12(15(19)20)9-3-1-5-21-7-9/h8-9,11-12H,1-7H2,(H,17,18)(H,19,20). The number of rotatable bonds is 5. The van der Waals surface area contributed by atoms with Crippen LogP contribution in [0.15, 0.2) is 5.38 Å². The van der Waals surface area contributed by atoms with Crippen molar-refractivity contribution in [1.82, 2.24) is 10.3 Å². The second-order valence-corrected chi connectivity index (χ2v) is 6.73. The summed E-state index contributed by atoms with van der Waals surface area (Å²) < 4.78 is 10.9. The molecule has 23 heavy (non-hydrogen) atoms.